The summed E-state index contributed by atoms with van der Waals surface area (Å²) in [6, 6.07) is 3.96. The molecule has 1 aromatic heterocycles. The summed E-state index contributed by atoms with van der Waals surface area (Å²) in [6.45, 7) is 2.33. The zero-order valence-corrected chi connectivity index (χ0v) is 18.6. The third-order valence-corrected chi connectivity index (χ3v) is 7.17. The van der Waals surface area contributed by atoms with Gasteiger partial charge < -0.3 is 19.3 Å². The molecule has 3 fully saturated rings. The van der Waals surface area contributed by atoms with Crippen molar-refractivity contribution in [3.63, 3.8) is 0 Å². The summed E-state index contributed by atoms with van der Waals surface area (Å²) in [6.07, 6.45) is 11.6. The fraction of sp³-hybridized carbons (Fsp3) is 0.708. The van der Waals surface area contributed by atoms with Gasteiger partial charge in [-0.1, -0.05) is 25.7 Å². The van der Waals surface area contributed by atoms with E-state index in [0.717, 1.165) is 43.8 Å². The van der Waals surface area contributed by atoms with Crippen LogP contribution in [0.1, 0.15) is 63.0 Å². The Kier molecular flexibility index (Phi) is 7.56. The van der Waals surface area contributed by atoms with E-state index in [2.05, 4.69) is 4.98 Å². The second-order valence-electron chi connectivity index (χ2n) is 9.06. The Hall–Kier alpha value is -1.99. The standard InChI is InChI=1S/C24H35N3O4/c1-30-16-17-31-23-22(19-8-12-25-13-9-19)27(24(23)29)20-10-14-26(15-11-20)21(28)7-6-18-4-2-3-5-18/h8-9,12-13,18,20,22-23H,2-7,10-11,14-17H2,1H3. The van der Waals surface area contributed by atoms with Crippen molar-refractivity contribution in [3.05, 3.63) is 30.1 Å². The summed E-state index contributed by atoms with van der Waals surface area (Å²) in [4.78, 5) is 33.7. The van der Waals surface area contributed by atoms with E-state index in [1.165, 1.54) is 25.7 Å². The molecule has 2 atom stereocenters. The lowest BCUT2D eigenvalue weighted by Gasteiger charge is -2.52. The van der Waals surface area contributed by atoms with Crippen molar-refractivity contribution >= 4 is 11.8 Å². The van der Waals surface area contributed by atoms with Gasteiger partial charge >= 0.3 is 0 Å². The van der Waals surface area contributed by atoms with Crippen molar-refractivity contribution in [1.29, 1.82) is 0 Å². The van der Waals surface area contributed by atoms with E-state index in [1.54, 1.807) is 19.5 Å². The van der Waals surface area contributed by atoms with Gasteiger partial charge in [-0.05, 0) is 42.9 Å². The summed E-state index contributed by atoms with van der Waals surface area (Å²) >= 11 is 0. The number of hydrogen-bond donors (Lipinski definition) is 0. The van der Waals surface area contributed by atoms with Crippen LogP contribution in [0.2, 0.25) is 0 Å². The van der Waals surface area contributed by atoms with Gasteiger partial charge in [0.25, 0.3) is 5.91 Å². The van der Waals surface area contributed by atoms with Crippen molar-refractivity contribution < 1.29 is 19.1 Å². The molecule has 0 spiro atoms. The monoisotopic (exact) mass is 429 g/mol. The van der Waals surface area contributed by atoms with E-state index in [-0.39, 0.29) is 23.9 Å². The lowest BCUT2D eigenvalue weighted by molar-refractivity contribution is -0.184. The van der Waals surface area contributed by atoms with Gasteiger partial charge in [0.05, 0.1) is 19.3 Å². The molecule has 0 aromatic carbocycles. The van der Waals surface area contributed by atoms with Crippen molar-refractivity contribution in [1.82, 2.24) is 14.8 Å². The van der Waals surface area contributed by atoms with Crippen molar-refractivity contribution in [2.75, 3.05) is 33.4 Å². The molecule has 3 heterocycles. The summed E-state index contributed by atoms with van der Waals surface area (Å²) in [5, 5.41) is 0. The first-order chi connectivity index (χ1) is 15.2. The molecule has 0 bridgehead atoms. The van der Waals surface area contributed by atoms with Crippen LogP contribution in [0.25, 0.3) is 0 Å². The van der Waals surface area contributed by atoms with Gasteiger partial charge in [-0.25, -0.2) is 0 Å². The van der Waals surface area contributed by atoms with Crippen LogP contribution in [0.3, 0.4) is 0 Å². The molecule has 2 aliphatic heterocycles. The molecule has 0 N–H and O–H groups in total. The first-order valence-corrected chi connectivity index (χ1v) is 11.8. The third-order valence-electron chi connectivity index (χ3n) is 7.17. The number of ether oxygens (including phenoxy) is 2. The van der Waals surface area contributed by atoms with E-state index in [1.807, 2.05) is 21.9 Å². The number of carbonyl (C=O) groups is 2. The Balaban J connectivity index is 1.33. The van der Waals surface area contributed by atoms with Gasteiger partial charge in [0.2, 0.25) is 5.91 Å². The largest absolute Gasteiger partial charge is 0.382 e. The zero-order valence-electron chi connectivity index (χ0n) is 18.6. The molecule has 2 saturated heterocycles. The molecule has 1 aliphatic carbocycles. The molecule has 7 nitrogen and oxygen atoms in total. The molecule has 3 aliphatic rings. The highest BCUT2D eigenvalue weighted by Gasteiger charge is 2.52. The fourth-order valence-corrected chi connectivity index (χ4v) is 5.38. The zero-order chi connectivity index (χ0) is 21.6. The Morgan fingerprint density at radius 3 is 2.48 bits per heavy atom. The smallest absolute Gasteiger partial charge is 0.255 e. The minimum absolute atomic E-state index is 0.0453. The van der Waals surface area contributed by atoms with E-state index >= 15 is 0 Å². The number of pyridine rings is 1. The molecule has 2 amide bonds. The number of methoxy groups -OCH3 is 1. The molecular formula is C24H35N3O4. The summed E-state index contributed by atoms with van der Waals surface area (Å²) in [5.74, 6) is 1.08. The maximum Gasteiger partial charge on any atom is 0.255 e. The molecule has 4 rings (SSSR count). The molecule has 2 unspecified atom stereocenters. The second-order valence-corrected chi connectivity index (χ2v) is 9.06. The number of β-lactam (4-membered cyclic amide) rings is 1. The molecular weight excluding hydrogens is 394 g/mol. The first kappa shape index (κ1) is 22.2. The van der Waals surface area contributed by atoms with Crippen molar-refractivity contribution in [3.8, 4) is 0 Å². The Morgan fingerprint density at radius 1 is 1.10 bits per heavy atom. The molecule has 1 aromatic rings. The van der Waals surface area contributed by atoms with Gasteiger partial charge in [-0.15, -0.1) is 0 Å². The van der Waals surface area contributed by atoms with Crippen molar-refractivity contribution in [2.24, 2.45) is 5.92 Å². The number of aromatic nitrogens is 1. The minimum Gasteiger partial charge on any atom is -0.382 e. The molecule has 170 valence electrons. The molecule has 31 heavy (non-hydrogen) atoms. The van der Waals surface area contributed by atoms with Gasteiger partial charge in [-0.2, -0.15) is 0 Å². The summed E-state index contributed by atoms with van der Waals surface area (Å²) in [5.41, 5.74) is 1.05. The maximum absolute atomic E-state index is 13.0. The number of likely N-dealkylation sites (tertiary alicyclic amines) is 2. The second kappa shape index (κ2) is 10.6. The lowest BCUT2D eigenvalue weighted by atomic mass is 9.86. The van der Waals surface area contributed by atoms with Crippen LogP contribution in [0.15, 0.2) is 24.5 Å². The predicted octanol–water partition coefficient (Wildman–Crippen LogP) is 2.96. The lowest BCUT2D eigenvalue weighted by Crippen LogP contribution is -2.65. The number of amides is 2. The first-order valence-electron chi connectivity index (χ1n) is 11.8. The topological polar surface area (TPSA) is 72.0 Å². The molecule has 1 saturated carbocycles. The van der Waals surface area contributed by atoms with E-state index in [0.29, 0.717) is 19.6 Å². The van der Waals surface area contributed by atoms with Crippen LogP contribution in [0, 0.1) is 5.92 Å². The predicted molar refractivity (Wildman–Crippen MR) is 116 cm³/mol. The third kappa shape index (κ3) is 5.09. The van der Waals surface area contributed by atoms with Gasteiger partial charge in [0.1, 0.15) is 0 Å². The highest BCUT2D eigenvalue weighted by molar-refractivity contribution is 5.89. The van der Waals surface area contributed by atoms with E-state index in [9.17, 15) is 9.59 Å². The summed E-state index contributed by atoms with van der Waals surface area (Å²) in [7, 11) is 1.63. The van der Waals surface area contributed by atoms with Crippen molar-refractivity contribution in [2.45, 2.75) is 69.6 Å². The van der Waals surface area contributed by atoms with E-state index < -0.39 is 6.10 Å². The SMILES string of the molecule is COCCOC1C(=O)N(C2CCN(C(=O)CCC3CCCC3)CC2)C1c1ccncc1. The van der Waals surface area contributed by atoms with Gasteiger partial charge in [0, 0.05) is 45.1 Å². The van der Waals surface area contributed by atoms with Gasteiger partial charge in [-0.3, -0.25) is 14.6 Å². The average Bonchev–Trinajstić information content (AvgIpc) is 3.33. The number of nitrogens with zero attached hydrogens (tertiary/aromatic N) is 3. The van der Waals surface area contributed by atoms with Crippen LogP contribution in [0.5, 0.6) is 0 Å². The highest BCUT2D eigenvalue weighted by atomic mass is 16.5. The van der Waals surface area contributed by atoms with Crippen LogP contribution in [-0.4, -0.2) is 72.2 Å². The number of carbonyl (C=O) groups excluding carboxylic acids is 2. The Labute approximate surface area is 185 Å². The number of hydrogen-bond acceptors (Lipinski definition) is 5. The average molecular weight is 430 g/mol. The van der Waals surface area contributed by atoms with E-state index in [4.69, 9.17) is 9.47 Å². The maximum atomic E-state index is 13.0. The van der Waals surface area contributed by atoms with Crippen LogP contribution >= 0.6 is 0 Å². The molecule has 7 heteroatoms. The Morgan fingerprint density at radius 2 is 1.81 bits per heavy atom. The van der Waals surface area contributed by atoms with Crippen LogP contribution in [0.4, 0.5) is 0 Å². The fourth-order valence-electron chi connectivity index (χ4n) is 5.38. The summed E-state index contributed by atoms with van der Waals surface area (Å²) < 4.78 is 10.9. The Bertz CT molecular complexity index is 730. The number of rotatable bonds is 9. The van der Waals surface area contributed by atoms with Crippen LogP contribution < -0.4 is 0 Å². The quantitative estimate of drug-likeness (QED) is 0.446. The number of piperidine rings is 1. The minimum atomic E-state index is -0.469. The normalized spacial score (nSPS) is 25.1. The van der Waals surface area contributed by atoms with Crippen LogP contribution in [-0.2, 0) is 19.1 Å². The van der Waals surface area contributed by atoms with Gasteiger partial charge in [0.15, 0.2) is 6.10 Å². The highest BCUT2D eigenvalue weighted by Crippen LogP contribution is 2.41. The molecule has 0 radical (unpaired) electrons.